The summed E-state index contributed by atoms with van der Waals surface area (Å²) >= 11 is 0. The van der Waals surface area contributed by atoms with Gasteiger partial charge in [0.15, 0.2) is 5.78 Å². The van der Waals surface area contributed by atoms with Crippen LogP contribution in [0.1, 0.15) is 104 Å². The number of amides is 4. The van der Waals surface area contributed by atoms with Crippen LogP contribution in [0, 0.1) is 0 Å². The molecule has 4 amide bonds. The molecule has 0 aliphatic carbocycles. The normalized spacial score (nSPS) is 11.4. The van der Waals surface area contributed by atoms with Crippen molar-refractivity contribution in [3.05, 3.63) is 71.8 Å². The van der Waals surface area contributed by atoms with Crippen LogP contribution < -0.4 is 10.4 Å². The molecule has 0 atom stereocenters. The van der Waals surface area contributed by atoms with Crippen LogP contribution >= 0.6 is 0 Å². The number of carboxylic acid groups (broad SMARTS) is 1. The summed E-state index contributed by atoms with van der Waals surface area (Å²) in [7, 11) is 0. The number of hydrogen-bond acceptors (Lipinski definition) is 7. The van der Waals surface area contributed by atoms with Crippen LogP contribution in [0.25, 0.3) is 0 Å². The van der Waals surface area contributed by atoms with Crippen LogP contribution in [0.15, 0.2) is 60.7 Å². The number of nitrogens with zero attached hydrogens (tertiary/aromatic N) is 3. The highest BCUT2D eigenvalue weighted by Crippen LogP contribution is 2.16. The van der Waals surface area contributed by atoms with Crippen LogP contribution in [0.2, 0.25) is 0 Å². The van der Waals surface area contributed by atoms with Crippen LogP contribution in [0.4, 0.5) is 9.59 Å². The zero-order valence-corrected chi connectivity index (χ0v) is 30.9. The highest BCUT2D eigenvalue weighted by atomic mass is 16.6. The molecule has 2 aromatic carbocycles. The molecule has 11 heteroatoms. The predicted molar refractivity (Wildman–Crippen MR) is 192 cm³/mol. The highest BCUT2D eigenvalue weighted by Gasteiger charge is 2.23. The molecule has 0 aliphatic rings. The van der Waals surface area contributed by atoms with Gasteiger partial charge in [0.25, 0.3) is 0 Å². The van der Waals surface area contributed by atoms with Crippen molar-refractivity contribution in [1.82, 2.24) is 20.0 Å². The Labute approximate surface area is 298 Å². The maximum absolute atomic E-state index is 13.5. The molecule has 276 valence electrons. The van der Waals surface area contributed by atoms with Crippen molar-refractivity contribution in [2.75, 3.05) is 26.2 Å². The first-order valence-electron chi connectivity index (χ1n) is 17.7. The van der Waals surface area contributed by atoms with Crippen LogP contribution in [-0.2, 0) is 32.2 Å². The van der Waals surface area contributed by atoms with E-state index in [1.165, 1.54) is 4.90 Å². The van der Waals surface area contributed by atoms with E-state index < -0.39 is 23.3 Å². The zero-order chi connectivity index (χ0) is 37.2. The van der Waals surface area contributed by atoms with Gasteiger partial charge in [-0.2, -0.15) is 0 Å². The third kappa shape index (κ3) is 17.3. The highest BCUT2D eigenvalue weighted by molar-refractivity contribution is 5.90. The van der Waals surface area contributed by atoms with E-state index in [1.807, 2.05) is 81.4 Å². The standard InChI is InChI=1S/C39H58N4O7/c1-38(2,3)43(37(48)49)26-18-10-16-24-35(46)42(28-32-21-13-8-14-22-32)30-33(44)29-41(27-31-19-11-7-12-20-31)34(45)23-15-9-17-25-40-36(47)50-39(4,5)6/h7-8,11-14,19-22H,9-10,15-18,23-30H2,1-6H3,(H,40,47)(H,48,49)/p-1. The molecule has 0 aliphatic heterocycles. The first kappa shape index (κ1) is 41.8. The largest absolute Gasteiger partial charge is 0.530 e. The fraction of sp³-hybridized carbons (Fsp3) is 0.564. The van der Waals surface area contributed by atoms with Gasteiger partial charge in [-0.1, -0.05) is 73.5 Å². The smallest absolute Gasteiger partial charge is 0.407 e. The third-order valence-electron chi connectivity index (χ3n) is 7.91. The number of hydrogen-bond donors (Lipinski definition) is 1. The summed E-state index contributed by atoms with van der Waals surface area (Å²) < 4.78 is 5.25. The first-order valence-corrected chi connectivity index (χ1v) is 17.7. The number of ketones is 1. The maximum Gasteiger partial charge on any atom is 0.407 e. The Hall–Kier alpha value is -4.41. The molecule has 0 fully saturated rings. The van der Waals surface area contributed by atoms with E-state index in [2.05, 4.69) is 5.32 Å². The van der Waals surface area contributed by atoms with Crippen LogP contribution in [-0.4, -0.2) is 81.8 Å². The number of nitrogens with one attached hydrogen (secondary N) is 1. The van der Waals surface area contributed by atoms with Crippen molar-refractivity contribution < 1.29 is 33.8 Å². The van der Waals surface area contributed by atoms with Gasteiger partial charge in [-0.25, -0.2) is 4.79 Å². The second-order valence-electron chi connectivity index (χ2n) is 14.6. The molecule has 0 heterocycles. The topological polar surface area (TPSA) is 139 Å². The van der Waals surface area contributed by atoms with Crippen molar-refractivity contribution in [1.29, 1.82) is 0 Å². The number of carbonyl (C=O) groups excluding carboxylic acids is 5. The van der Waals surface area contributed by atoms with E-state index in [-0.39, 0.29) is 56.6 Å². The fourth-order valence-corrected chi connectivity index (χ4v) is 5.37. The van der Waals surface area contributed by atoms with E-state index in [0.29, 0.717) is 45.2 Å². The molecule has 0 saturated carbocycles. The molecule has 50 heavy (non-hydrogen) atoms. The van der Waals surface area contributed by atoms with Gasteiger partial charge in [0.2, 0.25) is 11.8 Å². The predicted octanol–water partition coefficient (Wildman–Crippen LogP) is 5.70. The average Bonchev–Trinajstić information content (AvgIpc) is 3.02. The SMILES string of the molecule is CC(C)(C)OC(=O)NCCCCCC(=O)N(CC(=O)CN(Cc1ccccc1)C(=O)CCCCCN(C(=O)[O-])C(C)(C)C)Cc1ccccc1. The zero-order valence-electron chi connectivity index (χ0n) is 30.9. The van der Waals surface area contributed by atoms with E-state index in [1.54, 1.807) is 30.6 Å². The average molecular weight is 694 g/mol. The molecule has 0 bridgehead atoms. The summed E-state index contributed by atoms with van der Waals surface area (Å²) in [6, 6.07) is 18.9. The molecule has 0 radical (unpaired) electrons. The Bertz CT molecular complexity index is 1350. The lowest BCUT2D eigenvalue weighted by Crippen LogP contribution is -2.51. The molecule has 0 spiro atoms. The quantitative estimate of drug-likeness (QED) is 0.176. The van der Waals surface area contributed by atoms with Crippen molar-refractivity contribution >= 4 is 29.8 Å². The molecule has 2 rings (SSSR count). The van der Waals surface area contributed by atoms with Gasteiger partial charge in [0.1, 0.15) is 11.7 Å². The Morgan fingerprint density at radius 2 is 1.12 bits per heavy atom. The number of unbranched alkanes of at least 4 members (excludes halogenated alkanes) is 4. The third-order valence-corrected chi connectivity index (χ3v) is 7.91. The molecule has 2 aromatic rings. The van der Waals surface area contributed by atoms with Crippen molar-refractivity contribution in [3.63, 3.8) is 0 Å². The number of Topliss-reactive ketones (excluding diaryl/α,β-unsaturated/α-hetero) is 1. The van der Waals surface area contributed by atoms with E-state index in [9.17, 15) is 29.1 Å². The summed E-state index contributed by atoms with van der Waals surface area (Å²) in [5, 5.41) is 14.3. The van der Waals surface area contributed by atoms with Crippen molar-refractivity contribution in [3.8, 4) is 0 Å². The summed E-state index contributed by atoms with van der Waals surface area (Å²) in [4.78, 5) is 68.2. The summed E-state index contributed by atoms with van der Waals surface area (Å²) in [6.07, 6.45) is 2.58. The minimum Gasteiger partial charge on any atom is -0.530 e. The number of ether oxygens (including phenoxy) is 1. The van der Waals surface area contributed by atoms with Crippen LogP contribution in [0.3, 0.4) is 0 Å². The summed E-state index contributed by atoms with van der Waals surface area (Å²) in [5.74, 6) is -0.560. The molecule has 0 aromatic heterocycles. The van der Waals surface area contributed by atoms with Gasteiger partial charge in [-0.05, 0) is 78.4 Å². The second kappa shape index (κ2) is 21.0. The lowest BCUT2D eigenvalue weighted by atomic mass is 10.1. The Morgan fingerprint density at radius 1 is 0.660 bits per heavy atom. The number of rotatable bonds is 20. The van der Waals surface area contributed by atoms with E-state index >= 15 is 0 Å². The van der Waals surface area contributed by atoms with Gasteiger partial charge >= 0.3 is 6.09 Å². The Balaban J connectivity index is 1.99. The Kier molecular flexibility index (Phi) is 17.5. The van der Waals surface area contributed by atoms with Crippen molar-refractivity contribution in [2.24, 2.45) is 0 Å². The molecular weight excluding hydrogens is 636 g/mol. The van der Waals surface area contributed by atoms with Gasteiger partial charge < -0.3 is 34.7 Å². The molecule has 0 unspecified atom stereocenters. The second-order valence-corrected chi connectivity index (χ2v) is 14.6. The van der Waals surface area contributed by atoms with Crippen molar-refractivity contribution in [2.45, 2.75) is 117 Å². The number of carbonyl (C=O) groups is 5. The summed E-state index contributed by atoms with van der Waals surface area (Å²) in [5.41, 5.74) is 0.649. The lowest BCUT2D eigenvalue weighted by molar-refractivity contribution is -0.270. The number of alkyl carbamates (subject to hydrolysis) is 1. The molecule has 0 saturated heterocycles. The number of benzene rings is 2. The van der Waals surface area contributed by atoms with Crippen LogP contribution in [0.5, 0.6) is 0 Å². The lowest BCUT2D eigenvalue weighted by Gasteiger charge is -2.38. The fourth-order valence-electron chi connectivity index (χ4n) is 5.37. The van der Waals surface area contributed by atoms with Gasteiger partial charge in [-0.15, -0.1) is 0 Å². The monoisotopic (exact) mass is 693 g/mol. The summed E-state index contributed by atoms with van der Waals surface area (Å²) in [6.45, 7) is 11.9. The van der Waals surface area contributed by atoms with Gasteiger partial charge in [0, 0.05) is 44.6 Å². The molecular formula is C39H57N4O7-. The minimum atomic E-state index is -1.21. The minimum absolute atomic E-state index is 0.127. The van der Waals surface area contributed by atoms with Gasteiger partial charge in [-0.3, -0.25) is 14.4 Å². The van der Waals surface area contributed by atoms with Gasteiger partial charge in [0.05, 0.1) is 13.1 Å². The molecule has 1 N–H and O–H groups in total. The Morgan fingerprint density at radius 3 is 1.54 bits per heavy atom. The first-order chi connectivity index (χ1) is 23.5. The molecule has 11 nitrogen and oxygen atoms in total. The van der Waals surface area contributed by atoms with E-state index in [4.69, 9.17) is 4.74 Å². The maximum atomic E-state index is 13.5. The van der Waals surface area contributed by atoms with E-state index in [0.717, 1.165) is 17.5 Å².